The van der Waals surface area contributed by atoms with Crippen molar-refractivity contribution in [2.75, 3.05) is 13.1 Å². The number of carbonyl (C=O) groups excluding carboxylic acids is 1. The Morgan fingerprint density at radius 3 is 2.53 bits per heavy atom. The third-order valence-corrected chi connectivity index (χ3v) is 4.14. The van der Waals surface area contributed by atoms with Crippen LogP contribution in [0.1, 0.15) is 58.3 Å². The molecule has 98 valence electrons. The molecule has 1 N–H and O–H groups in total. The van der Waals surface area contributed by atoms with Crippen molar-refractivity contribution in [1.82, 2.24) is 10.2 Å². The third kappa shape index (κ3) is 3.70. The Morgan fingerprint density at radius 1 is 1.12 bits per heavy atom. The van der Waals surface area contributed by atoms with Gasteiger partial charge in [-0.05, 0) is 32.7 Å². The van der Waals surface area contributed by atoms with E-state index in [9.17, 15) is 4.79 Å². The Hall–Kier alpha value is -0.570. The first-order valence-corrected chi connectivity index (χ1v) is 7.30. The first kappa shape index (κ1) is 12.9. The minimum absolute atomic E-state index is 0.344. The molecule has 0 spiro atoms. The Kier molecular flexibility index (Phi) is 4.84. The number of rotatable bonds is 1. The maximum Gasteiger partial charge on any atom is 0.224 e. The van der Waals surface area contributed by atoms with Crippen LogP contribution >= 0.6 is 0 Å². The molecule has 0 aromatic carbocycles. The lowest BCUT2D eigenvalue weighted by molar-refractivity contribution is -0.134. The van der Waals surface area contributed by atoms with Gasteiger partial charge in [-0.1, -0.05) is 25.7 Å². The molecule has 1 heterocycles. The van der Waals surface area contributed by atoms with Crippen molar-refractivity contribution in [3.63, 3.8) is 0 Å². The molecule has 1 saturated heterocycles. The van der Waals surface area contributed by atoms with Gasteiger partial charge >= 0.3 is 0 Å². The standard InChI is InChI=1S/C14H26N2O/c1-12-11-14(17)16(10-6-9-15-12)13-7-4-2-3-5-8-13/h12-13,15H,2-11H2,1H3. The summed E-state index contributed by atoms with van der Waals surface area (Å²) < 4.78 is 0. The monoisotopic (exact) mass is 238 g/mol. The Balaban J connectivity index is 1.97. The van der Waals surface area contributed by atoms with Crippen molar-refractivity contribution in [2.24, 2.45) is 0 Å². The van der Waals surface area contributed by atoms with E-state index in [0.29, 0.717) is 24.4 Å². The highest BCUT2D eigenvalue weighted by Gasteiger charge is 2.26. The molecular weight excluding hydrogens is 212 g/mol. The van der Waals surface area contributed by atoms with Gasteiger partial charge in [0.1, 0.15) is 0 Å². The number of hydrogen-bond acceptors (Lipinski definition) is 2. The van der Waals surface area contributed by atoms with Gasteiger partial charge in [0, 0.05) is 25.0 Å². The number of nitrogens with one attached hydrogen (secondary N) is 1. The molecule has 2 aliphatic rings. The topological polar surface area (TPSA) is 32.3 Å². The van der Waals surface area contributed by atoms with Gasteiger partial charge in [0.25, 0.3) is 0 Å². The van der Waals surface area contributed by atoms with E-state index in [1.807, 2.05) is 0 Å². The summed E-state index contributed by atoms with van der Waals surface area (Å²) in [6, 6.07) is 0.881. The predicted octanol–water partition coefficient (Wildman–Crippen LogP) is 2.31. The molecule has 17 heavy (non-hydrogen) atoms. The van der Waals surface area contributed by atoms with Gasteiger partial charge in [-0.2, -0.15) is 0 Å². The molecule has 0 radical (unpaired) electrons. The van der Waals surface area contributed by atoms with Crippen LogP contribution in [-0.4, -0.2) is 36.0 Å². The minimum atomic E-state index is 0.344. The van der Waals surface area contributed by atoms with Crippen LogP contribution in [0, 0.1) is 0 Å². The van der Waals surface area contributed by atoms with Crippen LogP contribution in [0.3, 0.4) is 0 Å². The number of amides is 1. The zero-order valence-corrected chi connectivity index (χ0v) is 11.1. The second-order valence-corrected chi connectivity index (χ2v) is 5.65. The average Bonchev–Trinajstić information content (AvgIpc) is 2.55. The van der Waals surface area contributed by atoms with Gasteiger partial charge in [0.05, 0.1) is 0 Å². The van der Waals surface area contributed by atoms with Gasteiger partial charge in [0.2, 0.25) is 5.91 Å². The number of nitrogens with zero attached hydrogens (tertiary/aromatic N) is 1. The molecule has 2 fully saturated rings. The van der Waals surface area contributed by atoms with Gasteiger partial charge in [-0.15, -0.1) is 0 Å². The van der Waals surface area contributed by atoms with Gasteiger partial charge in [0.15, 0.2) is 0 Å². The molecule has 1 unspecified atom stereocenters. The lowest BCUT2D eigenvalue weighted by atomic mass is 10.0. The van der Waals surface area contributed by atoms with Crippen LogP contribution < -0.4 is 5.32 Å². The van der Waals surface area contributed by atoms with Crippen molar-refractivity contribution in [3.8, 4) is 0 Å². The fraction of sp³-hybridized carbons (Fsp3) is 0.929. The molecule has 1 amide bonds. The van der Waals surface area contributed by atoms with Crippen LogP contribution in [-0.2, 0) is 4.79 Å². The smallest absolute Gasteiger partial charge is 0.224 e. The van der Waals surface area contributed by atoms with E-state index in [0.717, 1.165) is 19.5 Å². The fourth-order valence-corrected chi connectivity index (χ4v) is 3.13. The van der Waals surface area contributed by atoms with Crippen LogP contribution in [0.25, 0.3) is 0 Å². The van der Waals surface area contributed by atoms with Crippen LogP contribution in [0.5, 0.6) is 0 Å². The van der Waals surface area contributed by atoms with Crippen molar-refractivity contribution in [2.45, 2.75) is 70.4 Å². The molecular formula is C14H26N2O. The maximum absolute atomic E-state index is 12.3. The Labute approximate surface area is 105 Å². The van der Waals surface area contributed by atoms with Crippen LogP contribution in [0.2, 0.25) is 0 Å². The van der Waals surface area contributed by atoms with Crippen LogP contribution in [0.15, 0.2) is 0 Å². The Bertz CT molecular complexity index is 247. The predicted molar refractivity (Wildman–Crippen MR) is 69.9 cm³/mol. The summed E-state index contributed by atoms with van der Waals surface area (Å²) in [6.45, 7) is 4.13. The summed E-state index contributed by atoms with van der Waals surface area (Å²) in [5.74, 6) is 0.372. The molecule has 2 rings (SSSR count). The highest BCUT2D eigenvalue weighted by molar-refractivity contribution is 5.77. The van der Waals surface area contributed by atoms with E-state index in [-0.39, 0.29) is 0 Å². The summed E-state index contributed by atoms with van der Waals surface area (Å²) in [5.41, 5.74) is 0. The molecule has 3 heteroatoms. The summed E-state index contributed by atoms with van der Waals surface area (Å²) in [7, 11) is 0. The lowest BCUT2D eigenvalue weighted by Gasteiger charge is -2.34. The Morgan fingerprint density at radius 2 is 1.82 bits per heavy atom. The zero-order chi connectivity index (χ0) is 12.1. The van der Waals surface area contributed by atoms with E-state index >= 15 is 0 Å². The van der Waals surface area contributed by atoms with Crippen molar-refractivity contribution in [1.29, 1.82) is 0 Å². The van der Waals surface area contributed by atoms with Crippen molar-refractivity contribution in [3.05, 3.63) is 0 Å². The molecule has 1 aliphatic heterocycles. The normalized spacial score (nSPS) is 29.6. The summed E-state index contributed by atoms with van der Waals surface area (Å²) in [6.07, 6.45) is 9.57. The largest absolute Gasteiger partial charge is 0.340 e. The number of carbonyl (C=O) groups is 1. The fourth-order valence-electron chi connectivity index (χ4n) is 3.13. The maximum atomic E-state index is 12.3. The molecule has 3 nitrogen and oxygen atoms in total. The zero-order valence-electron chi connectivity index (χ0n) is 11.1. The summed E-state index contributed by atoms with van der Waals surface area (Å²) >= 11 is 0. The lowest BCUT2D eigenvalue weighted by Crippen LogP contribution is -2.46. The molecule has 0 aromatic heterocycles. The third-order valence-electron chi connectivity index (χ3n) is 4.14. The van der Waals surface area contributed by atoms with E-state index in [2.05, 4.69) is 17.1 Å². The summed E-state index contributed by atoms with van der Waals surface area (Å²) in [4.78, 5) is 14.5. The summed E-state index contributed by atoms with van der Waals surface area (Å²) in [5, 5.41) is 3.40. The molecule has 1 atom stereocenters. The van der Waals surface area contributed by atoms with Crippen molar-refractivity contribution >= 4 is 5.91 Å². The van der Waals surface area contributed by atoms with Crippen molar-refractivity contribution < 1.29 is 4.79 Å². The first-order valence-electron chi connectivity index (χ1n) is 7.30. The minimum Gasteiger partial charge on any atom is -0.340 e. The number of hydrogen-bond donors (Lipinski definition) is 1. The van der Waals surface area contributed by atoms with Gasteiger partial charge in [-0.3, -0.25) is 4.79 Å². The van der Waals surface area contributed by atoms with E-state index < -0.39 is 0 Å². The second-order valence-electron chi connectivity index (χ2n) is 5.65. The van der Waals surface area contributed by atoms with Gasteiger partial charge < -0.3 is 10.2 Å². The van der Waals surface area contributed by atoms with E-state index in [4.69, 9.17) is 0 Å². The van der Waals surface area contributed by atoms with Crippen LogP contribution in [0.4, 0.5) is 0 Å². The second kappa shape index (κ2) is 6.39. The SMILES string of the molecule is CC1CC(=O)N(C2CCCCCC2)CCCN1. The first-order chi connectivity index (χ1) is 8.27. The average molecular weight is 238 g/mol. The van der Waals surface area contributed by atoms with E-state index in [1.54, 1.807) is 0 Å². The molecule has 0 bridgehead atoms. The highest BCUT2D eigenvalue weighted by Crippen LogP contribution is 2.23. The van der Waals surface area contributed by atoms with E-state index in [1.165, 1.54) is 38.5 Å². The quantitative estimate of drug-likeness (QED) is 0.711. The molecule has 1 saturated carbocycles. The highest BCUT2D eigenvalue weighted by atomic mass is 16.2. The van der Waals surface area contributed by atoms with Gasteiger partial charge in [-0.25, -0.2) is 0 Å². The molecule has 1 aliphatic carbocycles. The molecule has 0 aromatic rings.